The van der Waals surface area contributed by atoms with Crippen molar-refractivity contribution in [2.75, 3.05) is 25.0 Å². The van der Waals surface area contributed by atoms with Gasteiger partial charge in [-0.05, 0) is 37.5 Å². The zero-order valence-corrected chi connectivity index (χ0v) is 17.2. The number of hydrogen-bond donors (Lipinski definition) is 0. The SMILES string of the molecule is Cc1c(Cl)ccc2sc(N3CCCC(N(C)C(=O)c4cnn(C)c4)C3)nc12. The lowest BCUT2D eigenvalue weighted by molar-refractivity contribution is 0.0717. The molecule has 1 amide bonds. The lowest BCUT2D eigenvalue weighted by Gasteiger charge is -2.37. The summed E-state index contributed by atoms with van der Waals surface area (Å²) in [4.78, 5) is 21.7. The van der Waals surface area contributed by atoms with Gasteiger partial charge in [0.25, 0.3) is 5.91 Å². The molecule has 1 saturated heterocycles. The Bertz CT molecular complexity index is 997. The first-order chi connectivity index (χ1) is 12.9. The van der Waals surface area contributed by atoms with Gasteiger partial charge in [-0.2, -0.15) is 5.10 Å². The van der Waals surface area contributed by atoms with Crippen LogP contribution in [0.3, 0.4) is 0 Å². The number of hydrogen-bond acceptors (Lipinski definition) is 5. The van der Waals surface area contributed by atoms with Crippen molar-refractivity contribution >= 4 is 44.2 Å². The zero-order valence-electron chi connectivity index (χ0n) is 15.6. The van der Waals surface area contributed by atoms with E-state index in [9.17, 15) is 4.79 Å². The minimum absolute atomic E-state index is 0.0156. The first-order valence-corrected chi connectivity index (χ1v) is 10.2. The van der Waals surface area contributed by atoms with Gasteiger partial charge in [0, 0.05) is 44.4 Å². The summed E-state index contributed by atoms with van der Waals surface area (Å²) < 4.78 is 2.80. The van der Waals surface area contributed by atoms with Crippen molar-refractivity contribution in [1.82, 2.24) is 19.7 Å². The minimum Gasteiger partial charge on any atom is -0.346 e. The Labute approximate surface area is 167 Å². The molecule has 0 N–H and O–H groups in total. The van der Waals surface area contributed by atoms with Crippen LogP contribution in [-0.4, -0.2) is 51.8 Å². The third-order valence-electron chi connectivity index (χ3n) is 5.22. The number of rotatable bonds is 3. The van der Waals surface area contributed by atoms with E-state index in [0.29, 0.717) is 5.56 Å². The third-order valence-corrected chi connectivity index (χ3v) is 6.71. The molecule has 4 rings (SSSR count). The van der Waals surface area contributed by atoms with E-state index in [1.807, 2.05) is 38.1 Å². The number of thiazole rings is 1. The fourth-order valence-corrected chi connectivity index (χ4v) is 4.78. The number of piperidine rings is 1. The lowest BCUT2D eigenvalue weighted by atomic mass is 10.0. The highest BCUT2D eigenvalue weighted by atomic mass is 35.5. The van der Waals surface area contributed by atoms with Gasteiger partial charge in [-0.1, -0.05) is 22.9 Å². The van der Waals surface area contributed by atoms with E-state index in [0.717, 1.165) is 51.9 Å². The van der Waals surface area contributed by atoms with Crippen molar-refractivity contribution in [2.24, 2.45) is 7.05 Å². The number of nitrogens with zero attached hydrogens (tertiary/aromatic N) is 5. The largest absolute Gasteiger partial charge is 0.346 e. The summed E-state index contributed by atoms with van der Waals surface area (Å²) in [5, 5.41) is 5.86. The highest BCUT2D eigenvalue weighted by molar-refractivity contribution is 7.22. The fourth-order valence-electron chi connectivity index (χ4n) is 3.57. The number of carbonyl (C=O) groups excluding carboxylic acids is 1. The van der Waals surface area contributed by atoms with E-state index in [1.165, 1.54) is 0 Å². The highest BCUT2D eigenvalue weighted by Gasteiger charge is 2.28. The Morgan fingerprint density at radius 2 is 2.22 bits per heavy atom. The van der Waals surface area contributed by atoms with Crippen LogP contribution in [0.1, 0.15) is 28.8 Å². The average Bonchev–Trinajstić information content (AvgIpc) is 3.30. The van der Waals surface area contributed by atoms with Crippen LogP contribution in [0.2, 0.25) is 5.02 Å². The van der Waals surface area contributed by atoms with E-state index in [4.69, 9.17) is 16.6 Å². The van der Waals surface area contributed by atoms with Crippen LogP contribution in [0.5, 0.6) is 0 Å². The molecule has 0 spiro atoms. The molecule has 0 bridgehead atoms. The molecule has 8 heteroatoms. The molecular weight excluding hydrogens is 382 g/mol. The molecule has 3 heterocycles. The number of amides is 1. The summed E-state index contributed by atoms with van der Waals surface area (Å²) >= 11 is 7.93. The molecule has 1 aromatic carbocycles. The fraction of sp³-hybridized carbons (Fsp3) is 0.421. The van der Waals surface area contributed by atoms with Gasteiger partial charge in [0.2, 0.25) is 0 Å². The molecule has 1 unspecified atom stereocenters. The van der Waals surface area contributed by atoms with Crippen molar-refractivity contribution in [3.63, 3.8) is 0 Å². The van der Waals surface area contributed by atoms with Crippen molar-refractivity contribution in [2.45, 2.75) is 25.8 Å². The third kappa shape index (κ3) is 3.41. The molecule has 1 fully saturated rings. The Kier molecular flexibility index (Phi) is 4.82. The second kappa shape index (κ2) is 7.13. The van der Waals surface area contributed by atoms with Gasteiger partial charge < -0.3 is 9.80 Å². The lowest BCUT2D eigenvalue weighted by Crippen LogP contribution is -2.48. The second-order valence-corrected chi connectivity index (χ2v) is 8.49. The van der Waals surface area contributed by atoms with Crippen LogP contribution in [0, 0.1) is 6.92 Å². The Morgan fingerprint density at radius 1 is 1.41 bits per heavy atom. The maximum absolute atomic E-state index is 12.7. The maximum atomic E-state index is 12.7. The molecule has 3 aromatic rings. The molecule has 1 aliphatic heterocycles. The summed E-state index contributed by atoms with van der Waals surface area (Å²) in [5.74, 6) is 0.0156. The second-order valence-electron chi connectivity index (χ2n) is 7.08. The van der Waals surface area contributed by atoms with Crippen molar-refractivity contribution in [3.8, 4) is 0 Å². The quantitative estimate of drug-likeness (QED) is 0.668. The van der Waals surface area contributed by atoms with Gasteiger partial charge >= 0.3 is 0 Å². The van der Waals surface area contributed by atoms with E-state index in [1.54, 1.807) is 28.4 Å². The van der Waals surface area contributed by atoms with E-state index >= 15 is 0 Å². The summed E-state index contributed by atoms with van der Waals surface area (Å²) in [5.41, 5.74) is 2.63. The Morgan fingerprint density at radius 3 is 2.96 bits per heavy atom. The number of aromatic nitrogens is 3. The van der Waals surface area contributed by atoms with Gasteiger partial charge in [-0.3, -0.25) is 9.48 Å². The number of benzene rings is 1. The van der Waals surface area contributed by atoms with Gasteiger partial charge in [-0.15, -0.1) is 0 Å². The van der Waals surface area contributed by atoms with Crippen molar-refractivity contribution in [3.05, 3.63) is 40.7 Å². The standard InChI is InChI=1S/C19H22ClN5OS/c1-12-15(20)6-7-16-17(12)22-19(27-16)25-8-4-5-14(11-25)24(3)18(26)13-9-21-23(2)10-13/h6-7,9-10,14H,4-5,8,11H2,1-3H3. The predicted octanol–water partition coefficient (Wildman–Crippen LogP) is 3.73. The predicted molar refractivity (Wildman–Crippen MR) is 110 cm³/mol. The van der Waals surface area contributed by atoms with Crippen LogP contribution in [0.25, 0.3) is 10.2 Å². The van der Waals surface area contributed by atoms with E-state index in [-0.39, 0.29) is 11.9 Å². The molecule has 0 saturated carbocycles. The number of anilines is 1. The number of aryl methyl sites for hydroxylation is 2. The summed E-state index contributed by atoms with van der Waals surface area (Å²) in [7, 11) is 3.70. The normalized spacial score (nSPS) is 17.5. The van der Waals surface area contributed by atoms with E-state index < -0.39 is 0 Å². The zero-order chi connectivity index (χ0) is 19.1. The maximum Gasteiger partial charge on any atom is 0.257 e. The first-order valence-electron chi connectivity index (χ1n) is 9.00. The number of fused-ring (bicyclic) bond motifs is 1. The summed E-state index contributed by atoms with van der Waals surface area (Å²) in [6.45, 7) is 3.75. The van der Waals surface area contributed by atoms with Crippen LogP contribution < -0.4 is 4.90 Å². The molecule has 6 nitrogen and oxygen atoms in total. The molecule has 27 heavy (non-hydrogen) atoms. The van der Waals surface area contributed by atoms with E-state index in [2.05, 4.69) is 10.00 Å². The Balaban J connectivity index is 1.54. The molecule has 0 radical (unpaired) electrons. The molecular formula is C19H22ClN5OS. The highest BCUT2D eigenvalue weighted by Crippen LogP contribution is 2.34. The minimum atomic E-state index is 0.0156. The number of carbonyl (C=O) groups is 1. The monoisotopic (exact) mass is 403 g/mol. The molecule has 1 aliphatic rings. The molecule has 142 valence electrons. The molecule has 1 atom stereocenters. The van der Waals surface area contributed by atoms with Crippen LogP contribution >= 0.6 is 22.9 Å². The van der Waals surface area contributed by atoms with Gasteiger partial charge in [-0.25, -0.2) is 4.98 Å². The molecule has 2 aromatic heterocycles. The van der Waals surface area contributed by atoms with Gasteiger partial charge in [0.15, 0.2) is 5.13 Å². The van der Waals surface area contributed by atoms with Gasteiger partial charge in [0.1, 0.15) is 0 Å². The number of halogens is 1. The average molecular weight is 404 g/mol. The van der Waals surface area contributed by atoms with Crippen LogP contribution in [0.4, 0.5) is 5.13 Å². The van der Waals surface area contributed by atoms with Gasteiger partial charge in [0.05, 0.1) is 22.0 Å². The summed E-state index contributed by atoms with van der Waals surface area (Å²) in [6, 6.07) is 4.12. The molecule has 0 aliphatic carbocycles. The smallest absolute Gasteiger partial charge is 0.257 e. The van der Waals surface area contributed by atoms with Crippen molar-refractivity contribution < 1.29 is 4.79 Å². The first kappa shape index (κ1) is 18.3. The topological polar surface area (TPSA) is 54.3 Å². The van der Waals surface area contributed by atoms with Crippen LogP contribution in [0.15, 0.2) is 24.5 Å². The Hall–Kier alpha value is -2.12. The van der Waals surface area contributed by atoms with Crippen LogP contribution in [-0.2, 0) is 7.05 Å². The summed E-state index contributed by atoms with van der Waals surface area (Å²) in [6.07, 6.45) is 5.42. The number of likely N-dealkylation sites (N-methyl/N-ethyl adjacent to an activating group) is 1. The van der Waals surface area contributed by atoms with Crippen molar-refractivity contribution in [1.29, 1.82) is 0 Å².